The number of aliphatic hydroxyl groups excluding tert-OH is 1. The maximum absolute atomic E-state index is 15.4. The molecule has 9 nitrogen and oxygen atoms in total. The standard InChI is InChI=1S/C28H31FIN7O2S/c1-3-23-27(33(2)28-32-24(17-40-28)18-4-6-19(30)7-5-18)37-13-20(12-22(29)26(37)31-23)35-10-8-34(9-11-35)16-25(39)36-14-21(38)15-36/h4-7,12-13,17,21,38H,3,8-11,14-16H2,1-2H3. The molecule has 2 fully saturated rings. The lowest BCUT2D eigenvalue weighted by Gasteiger charge is -2.39. The van der Waals surface area contributed by atoms with Crippen molar-refractivity contribution in [2.75, 3.05) is 62.7 Å². The van der Waals surface area contributed by atoms with E-state index in [0.717, 1.165) is 33.6 Å². The predicted octanol–water partition coefficient (Wildman–Crippen LogP) is 3.86. The number of hydrogen-bond acceptors (Lipinski definition) is 8. The first kappa shape index (κ1) is 27.4. The number of aliphatic hydroxyl groups is 1. The number of pyridine rings is 1. The van der Waals surface area contributed by atoms with E-state index < -0.39 is 6.10 Å². The van der Waals surface area contributed by atoms with E-state index in [0.29, 0.717) is 57.9 Å². The number of β-amino-alcohol motifs (C(OH)–C–C–N with tert-alkyl or cyclic N) is 1. The highest BCUT2D eigenvalue weighted by atomic mass is 127. The van der Waals surface area contributed by atoms with E-state index in [2.05, 4.69) is 61.6 Å². The average Bonchev–Trinajstić information content (AvgIpc) is 3.57. The Labute approximate surface area is 250 Å². The molecule has 3 aromatic heterocycles. The summed E-state index contributed by atoms with van der Waals surface area (Å²) < 4.78 is 18.5. The Morgan fingerprint density at radius 1 is 1.18 bits per heavy atom. The second kappa shape index (κ2) is 11.2. The quantitative estimate of drug-likeness (QED) is 0.299. The second-order valence-electron chi connectivity index (χ2n) is 10.3. The number of anilines is 3. The van der Waals surface area contributed by atoms with Crippen molar-refractivity contribution in [2.24, 2.45) is 0 Å². The van der Waals surface area contributed by atoms with Gasteiger partial charge in [0.15, 0.2) is 16.6 Å². The molecule has 0 atom stereocenters. The van der Waals surface area contributed by atoms with Crippen LogP contribution in [-0.4, -0.2) is 94.1 Å². The van der Waals surface area contributed by atoms with Crippen LogP contribution >= 0.6 is 33.9 Å². The molecule has 2 aliphatic rings. The molecule has 0 bridgehead atoms. The Hall–Kier alpha value is -2.81. The third-order valence-corrected chi connectivity index (χ3v) is 9.22. The van der Waals surface area contributed by atoms with E-state index in [-0.39, 0.29) is 11.7 Å². The van der Waals surface area contributed by atoms with Crippen molar-refractivity contribution in [1.29, 1.82) is 0 Å². The molecule has 0 saturated carbocycles. The Balaban J connectivity index is 1.23. The average molecular weight is 676 g/mol. The van der Waals surface area contributed by atoms with Crippen molar-refractivity contribution in [3.05, 3.63) is 57.0 Å². The van der Waals surface area contributed by atoms with E-state index in [1.54, 1.807) is 22.3 Å². The zero-order chi connectivity index (χ0) is 28.0. The van der Waals surface area contributed by atoms with Crippen LogP contribution in [0.3, 0.4) is 0 Å². The van der Waals surface area contributed by atoms with Gasteiger partial charge >= 0.3 is 0 Å². The van der Waals surface area contributed by atoms with E-state index in [4.69, 9.17) is 4.98 Å². The number of aromatic nitrogens is 3. The summed E-state index contributed by atoms with van der Waals surface area (Å²) in [5.41, 5.74) is 3.86. The lowest BCUT2D eigenvalue weighted by Crippen LogP contribution is -2.57. The smallest absolute Gasteiger partial charge is 0.236 e. The van der Waals surface area contributed by atoms with Crippen LogP contribution < -0.4 is 9.80 Å². The highest BCUT2D eigenvalue weighted by molar-refractivity contribution is 14.1. The van der Waals surface area contributed by atoms with Crippen LogP contribution in [0.5, 0.6) is 0 Å². The topological polar surface area (TPSA) is 80.5 Å². The van der Waals surface area contributed by atoms with Crippen LogP contribution in [0.4, 0.5) is 21.0 Å². The molecule has 1 N–H and O–H groups in total. The molecule has 0 radical (unpaired) electrons. The minimum atomic E-state index is -0.392. The Bertz CT molecular complexity index is 1530. The molecular weight excluding hydrogens is 644 g/mol. The number of imidazole rings is 1. The van der Waals surface area contributed by atoms with Crippen molar-refractivity contribution in [2.45, 2.75) is 19.4 Å². The van der Waals surface area contributed by atoms with Gasteiger partial charge in [-0.3, -0.25) is 14.1 Å². The Kier molecular flexibility index (Phi) is 7.68. The molecule has 2 saturated heterocycles. The number of carbonyl (C=O) groups is 1. The molecule has 1 aromatic carbocycles. The van der Waals surface area contributed by atoms with Crippen LogP contribution in [0.2, 0.25) is 0 Å². The Morgan fingerprint density at radius 2 is 1.90 bits per heavy atom. The van der Waals surface area contributed by atoms with E-state index in [9.17, 15) is 9.90 Å². The van der Waals surface area contributed by atoms with E-state index in [1.165, 1.54) is 3.57 Å². The first-order valence-electron chi connectivity index (χ1n) is 13.4. The molecule has 210 valence electrons. The summed E-state index contributed by atoms with van der Waals surface area (Å²) in [6.45, 7) is 6.01. The predicted molar refractivity (Wildman–Crippen MR) is 164 cm³/mol. The Morgan fingerprint density at radius 3 is 2.58 bits per heavy atom. The number of piperazine rings is 1. The number of nitrogens with zero attached hydrogens (tertiary/aromatic N) is 7. The number of halogens is 2. The second-order valence-corrected chi connectivity index (χ2v) is 12.4. The van der Waals surface area contributed by atoms with Gasteiger partial charge in [-0.25, -0.2) is 14.4 Å². The van der Waals surface area contributed by atoms with Crippen molar-refractivity contribution < 1.29 is 14.3 Å². The molecule has 5 heterocycles. The summed E-state index contributed by atoms with van der Waals surface area (Å²) in [7, 11) is 1.96. The lowest BCUT2D eigenvalue weighted by molar-refractivity contribution is -0.142. The maximum atomic E-state index is 15.4. The van der Waals surface area contributed by atoms with Crippen LogP contribution in [0.15, 0.2) is 41.9 Å². The molecule has 2 aliphatic heterocycles. The van der Waals surface area contributed by atoms with Gasteiger partial charge in [0.1, 0.15) is 5.82 Å². The van der Waals surface area contributed by atoms with Gasteiger partial charge in [-0.2, -0.15) is 0 Å². The molecular formula is C28H31FIN7O2S. The van der Waals surface area contributed by atoms with Crippen molar-refractivity contribution in [1.82, 2.24) is 24.2 Å². The first-order valence-corrected chi connectivity index (χ1v) is 15.4. The normalized spacial score (nSPS) is 16.5. The number of amides is 1. The molecule has 40 heavy (non-hydrogen) atoms. The molecule has 0 unspecified atom stereocenters. The monoisotopic (exact) mass is 675 g/mol. The summed E-state index contributed by atoms with van der Waals surface area (Å²) in [6.07, 6.45) is 2.23. The minimum Gasteiger partial charge on any atom is -0.389 e. The van der Waals surface area contributed by atoms with Crippen LogP contribution in [-0.2, 0) is 11.2 Å². The van der Waals surface area contributed by atoms with E-state index >= 15 is 4.39 Å². The van der Waals surface area contributed by atoms with Gasteiger partial charge in [-0.1, -0.05) is 19.1 Å². The molecule has 4 aromatic rings. The van der Waals surface area contributed by atoms with Crippen LogP contribution in [0, 0.1) is 9.39 Å². The minimum absolute atomic E-state index is 0.0526. The lowest BCUT2D eigenvalue weighted by atomic mass is 10.1. The SMILES string of the molecule is CCc1nc2c(F)cc(N3CCN(CC(=O)N4CC(O)C4)CC3)cn2c1N(C)c1nc(-c2ccc(I)cc2)cs1. The number of benzene rings is 1. The summed E-state index contributed by atoms with van der Waals surface area (Å²) in [4.78, 5) is 29.9. The van der Waals surface area contributed by atoms with Gasteiger partial charge in [0.05, 0.1) is 29.7 Å². The van der Waals surface area contributed by atoms with Gasteiger partial charge in [0.2, 0.25) is 5.91 Å². The highest BCUT2D eigenvalue weighted by Crippen LogP contribution is 2.35. The van der Waals surface area contributed by atoms with E-state index in [1.807, 2.05) is 34.8 Å². The van der Waals surface area contributed by atoms with Crippen molar-refractivity contribution >= 4 is 62.1 Å². The molecule has 1 amide bonds. The zero-order valence-electron chi connectivity index (χ0n) is 22.4. The largest absolute Gasteiger partial charge is 0.389 e. The van der Waals surface area contributed by atoms with Gasteiger partial charge < -0.3 is 19.8 Å². The number of carbonyl (C=O) groups excluding carboxylic acids is 1. The molecule has 0 aliphatic carbocycles. The number of hydrogen-bond donors (Lipinski definition) is 1. The van der Waals surface area contributed by atoms with Crippen LogP contribution in [0.25, 0.3) is 16.9 Å². The van der Waals surface area contributed by atoms with Gasteiger partial charge in [-0.15, -0.1) is 11.3 Å². The van der Waals surface area contributed by atoms with Crippen LogP contribution in [0.1, 0.15) is 12.6 Å². The molecule has 12 heteroatoms. The van der Waals surface area contributed by atoms with Gasteiger partial charge in [0.25, 0.3) is 0 Å². The highest BCUT2D eigenvalue weighted by Gasteiger charge is 2.30. The summed E-state index contributed by atoms with van der Waals surface area (Å²) in [6, 6.07) is 9.83. The summed E-state index contributed by atoms with van der Waals surface area (Å²) >= 11 is 3.84. The molecule has 6 rings (SSSR count). The number of rotatable bonds is 7. The third kappa shape index (κ3) is 5.29. The maximum Gasteiger partial charge on any atom is 0.236 e. The first-order chi connectivity index (χ1) is 19.3. The zero-order valence-corrected chi connectivity index (χ0v) is 25.4. The van der Waals surface area contributed by atoms with Crippen molar-refractivity contribution in [3.63, 3.8) is 0 Å². The van der Waals surface area contributed by atoms with Crippen molar-refractivity contribution in [3.8, 4) is 11.3 Å². The number of fused-ring (bicyclic) bond motifs is 1. The number of likely N-dealkylation sites (tertiary alicyclic amines) is 1. The fourth-order valence-corrected chi connectivity index (χ4v) is 6.43. The number of aryl methyl sites for hydroxylation is 1. The summed E-state index contributed by atoms with van der Waals surface area (Å²) in [5.74, 6) is 0.499. The fraction of sp³-hybridized carbons (Fsp3) is 0.393. The van der Waals surface area contributed by atoms with Gasteiger partial charge in [-0.05, 0) is 41.1 Å². The fourth-order valence-electron chi connectivity index (χ4n) is 5.27. The molecule has 0 spiro atoms. The summed E-state index contributed by atoms with van der Waals surface area (Å²) in [5, 5.41) is 12.3. The number of thiazole rings is 1. The third-order valence-electron chi connectivity index (χ3n) is 7.59. The van der Waals surface area contributed by atoms with Gasteiger partial charge in [0, 0.05) is 73.1 Å².